The summed E-state index contributed by atoms with van der Waals surface area (Å²) in [4.78, 5) is 17.6. The van der Waals surface area contributed by atoms with Gasteiger partial charge in [-0.15, -0.1) is 11.3 Å². The van der Waals surface area contributed by atoms with Crippen molar-refractivity contribution in [2.24, 2.45) is 0 Å². The average molecular weight is 315 g/mol. The van der Waals surface area contributed by atoms with Crippen LogP contribution in [0.3, 0.4) is 0 Å². The molecule has 0 bridgehead atoms. The van der Waals surface area contributed by atoms with Gasteiger partial charge < -0.3 is 4.74 Å². The van der Waals surface area contributed by atoms with Crippen LogP contribution in [0.1, 0.15) is 39.5 Å². The largest absolute Gasteiger partial charge is 0.465 e. The minimum Gasteiger partial charge on any atom is -0.465 e. The number of aromatic nitrogens is 2. The molecule has 0 aliphatic rings. The van der Waals surface area contributed by atoms with Gasteiger partial charge in [0.15, 0.2) is 0 Å². The molecule has 0 atom stereocenters. The highest BCUT2D eigenvalue weighted by Crippen LogP contribution is 2.27. The fourth-order valence-electron chi connectivity index (χ4n) is 1.90. The van der Waals surface area contributed by atoms with Gasteiger partial charge in [-0.3, -0.25) is 9.36 Å². The van der Waals surface area contributed by atoms with Gasteiger partial charge in [0.05, 0.1) is 16.3 Å². The molecule has 0 unspecified atom stereocenters. The molecular formula is C14H19ClN2O2S. The number of halogens is 1. The van der Waals surface area contributed by atoms with Crippen LogP contribution in [0, 0.1) is 0 Å². The van der Waals surface area contributed by atoms with Crippen LogP contribution in [0.15, 0.2) is 10.9 Å². The highest BCUT2D eigenvalue weighted by Gasteiger charge is 2.14. The van der Waals surface area contributed by atoms with Gasteiger partial charge in [0, 0.05) is 6.54 Å². The summed E-state index contributed by atoms with van der Waals surface area (Å²) in [6, 6.07) is 2.11. The first-order chi connectivity index (χ1) is 9.67. The van der Waals surface area contributed by atoms with E-state index in [1.165, 1.54) is 11.3 Å². The van der Waals surface area contributed by atoms with E-state index in [2.05, 4.69) is 18.8 Å². The van der Waals surface area contributed by atoms with Crippen molar-refractivity contribution in [2.75, 3.05) is 6.61 Å². The Kier molecular flexibility index (Phi) is 5.43. The van der Waals surface area contributed by atoms with E-state index in [1.807, 2.05) is 0 Å². The molecule has 0 aromatic carbocycles. The molecule has 0 spiro atoms. The highest BCUT2D eigenvalue weighted by atomic mass is 35.5. The van der Waals surface area contributed by atoms with E-state index in [4.69, 9.17) is 16.3 Å². The summed E-state index contributed by atoms with van der Waals surface area (Å²) in [5.74, 6) is 0. The molecule has 2 aromatic rings. The Morgan fingerprint density at radius 3 is 2.80 bits per heavy atom. The van der Waals surface area contributed by atoms with Crippen molar-refractivity contribution in [3.8, 4) is 6.01 Å². The molecule has 2 rings (SSSR count). The second-order valence-electron chi connectivity index (χ2n) is 4.68. The summed E-state index contributed by atoms with van der Waals surface area (Å²) in [6.45, 7) is 5.41. The highest BCUT2D eigenvalue weighted by molar-refractivity contribution is 7.22. The number of hydrogen-bond acceptors (Lipinski definition) is 4. The van der Waals surface area contributed by atoms with Crippen molar-refractivity contribution >= 4 is 33.2 Å². The first-order valence-electron chi connectivity index (χ1n) is 7.00. The Hall–Kier alpha value is -1.07. The summed E-state index contributed by atoms with van der Waals surface area (Å²) < 4.78 is 7.90. The normalized spacial score (nSPS) is 11.2. The van der Waals surface area contributed by atoms with Crippen LogP contribution in [0.5, 0.6) is 6.01 Å². The lowest BCUT2D eigenvalue weighted by Gasteiger charge is -2.12. The Bertz CT molecular complexity index is 636. The first-order valence-corrected chi connectivity index (χ1v) is 8.19. The van der Waals surface area contributed by atoms with E-state index in [0.29, 0.717) is 33.7 Å². The predicted octanol–water partition coefficient (Wildman–Crippen LogP) is 4.09. The SMILES string of the molecule is CCCCOc1nc2sc(Cl)cc2c(=O)n1CCCC. The second-order valence-corrected chi connectivity index (χ2v) is 6.34. The van der Waals surface area contributed by atoms with Crippen molar-refractivity contribution in [3.63, 3.8) is 0 Å². The smallest absolute Gasteiger partial charge is 0.300 e. The molecule has 4 nitrogen and oxygen atoms in total. The van der Waals surface area contributed by atoms with Crippen molar-refractivity contribution in [1.82, 2.24) is 9.55 Å². The van der Waals surface area contributed by atoms with Gasteiger partial charge in [-0.1, -0.05) is 38.3 Å². The van der Waals surface area contributed by atoms with Gasteiger partial charge >= 0.3 is 6.01 Å². The van der Waals surface area contributed by atoms with Gasteiger partial charge in [0.25, 0.3) is 5.56 Å². The van der Waals surface area contributed by atoms with Gasteiger partial charge in [-0.05, 0) is 18.9 Å². The molecule has 6 heteroatoms. The van der Waals surface area contributed by atoms with E-state index >= 15 is 0 Å². The minimum absolute atomic E-state index is 0.0573. The van der Waals surface area contributed by atoms with Crippen molar-refractivity contribution in [1.29, 1.82) is 0 Å². The standard InChI is InChI=1S/C14H19ClN2O2S/c1-3-5-7-17-13(18)10-9-11(15)20-12(10)16-14(17)19-8-6-4-2/h9H,3-8H2,1-2H3. The maximum Gasteiger partial charge on any atom is 0.300 e. The van der Waals surface area contributed by atoms with Gasteiger partial charge in [-0.25, -0.2) is 0 Å². The van der Waals surface area contributed by atoms with Crippen molar-refractivity contribution in [2.45, 2.75) is 46.1 Å². The molecule has 20 heavy (non-hydrogen) atoms. The number of hydrogen-bond donors (Lipinski definition) is 0. The molecule has 0 saturated heterocycles. The Morgan fingerprint density at radius 2 is 2.10 bits per heavy atom. The third-order valence-electron chi connectivity index (χ3n) is 3.05. The third kappa shape index (κ3) is 3.33. The zero-order valence-electron chi connectivity index (χ0n) is 11.8. The lowest BCUT2D eigenvalue weighted by molar-refractivity contribution is 0.266. The van der Waals surface area contributed by atoms with Crippen LogP contribution in [0.25, 0.3) is 10.2 Å². The molecule has 0 radical (unpaired) electrons. The molecule has 110 valence electrons. The molecule has 2 heterocycles. The Balaban J connectivity index is 2.42. The average Bonchev–Trinajstić information content (AvgIpc) is 2.79. The lowest BCUT2D eigenvalue weighted by Crippen LogP contribution is -2.23. The van der Waals surface area contributed by atoms with E-state index in [-0.39, 0.29) is 5.56 Å². The molecule has 0 saturated carbocycles. The van der Waals surface area contributed by atoms with Crippen LogP contribution < -0.4 is 10.3 Å². The van der Waals surface area contributed by atoms with Crippen molar-refractivity contribution < 1.29 is 4.74 Å². The maximum absolute atomic E-state index is 12.5. The van der Waals surface area contributed by atoms with Crippen LogP contribution in [0.2, 0.25) is 4.34 Å². The zero-order chi connectivity index (χ0) is 14.5. The minimum atomic E-state index is -0.0573. The van der Waals surface area contributed by atoms with E-state index < -0.39 is 0 Å². The number of rotatable bonds is 7. The van der Waals surface area contributed by atoms with Crippen LogP contribution in [0.4, 0.5) is 0 Å². The number of ether oxygens (including phenoxy) is 1. The number of unbranched alkanes of at least 4 members (excludes halogenated alkanes) is 2. The molecule has 0 aliphatic carbocycles. The molecular weight excluding hydrogens is 296 g/mol. The molecule has 0 amide bonds. The van der Waals surface area contributed by atoms with E-state index in [0.717, 1.165) is 25.7 Å². The van der Waals surface area contributed by atoms with Crippen LogP contribution >= 0.6 is 22.9 Å². The molecule has 2 aromatic heterocycles. The van der Waals surface area contributed by atoms with E-state index in [9.17, 15) is 4.79 Å². The van der Waals surface area contributed by atoms with E-state index in [1.54, 1.807) is 10.6 Å². The summed E-state index contributed by atoms with van der Waals surface area (Å²) >= 11 is 7.29. The van der Waals surface area contributed by atoms with Gasteiger partial charge in [0.1, 0.15) is 4.83 Å². The Labute approximate surface area is 127 Å². The summed E-state index contributed by atoms with van der Waals surface area (Å²) in [7, 11) is 0. The second kappa shape index (κ2) is 7.09. The van der Waals surface area contributed by atoms with Crippen LogP contribution in [-0.2, 0) is 6.54 Å². The molecule has 0 aliphatic heterocycles. The number of fused-ring (bicyclic) bond motifs is 1. The molecule has 0 fully saturated rings. The lowest BCUT2D eigenvalue weighted by atomic mass is 10.3. The Morgan fingerprint density at radius 1 is 1.35 bits per heavy atom. The first kappa shape index (κ1) is 15.3. The summed E-state index contributed by atoms with van der Waals surface area (Å²) in [5.41, 5.74) is -0.0573. The number of thiophene rings is 1. The predicted molar refractivity (Wildman–Crippen MR) is 84.2 cm³/mol. The van der Waals surface area contributed by atoms with Crippen LogP contribution in [-0.4, -0.2) is 16.2 Å². The maximum atomic E-state index is 12.5. The quantitative estimate of drug-likeness (QED) is 0.723. The van der Waals surface area contributed by atoms with Gasteiger partial charge in [0.2, 0.25) is 0 Å². The topological polar surface area (TPSA) is 44.1 Å². The fraction of sp³-hybridized carbons (Fsp3) is 0.571. The van der Waals surface area contributed by atoms with Crippen molar-refractivity contribution in [3.05, 3.63) is 20.8 Å². The summed E-state index contributed by atoms with van der Waals surface area (Å²) in [6.07, 6.45) is 3.94. The fourth-order valence-corrected chi connectivity index (χ4v) is 2.97. The monoisotopic (exact) mass is 314 g/mol. The summed E-state index contributed by atoms with van der Waals surface area (Å²) in [5, 5.41) is 0.582. The molecule has 0 N–H and O–H groups in total. The van der Waals surface area contributed by atoms with Gasteiger partial charge in [-0.2, -0.15) is 4.98 Å². The number of nitrogens with zero attached hydrogens (tertiary/aromatic N) is 2. The zero-order valence-corrected chi connectivity index (χ0v) is 13.4. The third-order valence-corrected chi connectivity index (χ3v) is 4.21.